The van der Waals surface area contributed by atoms with Crippen molar-refractivity contribution in [1.82, 2.24) is 9.80 Å². The predicted octanol–water partition coefficient (Wildman–Crippen LogP) is 3.63. The van der Waals surface area contributed by atoms with Crippen LogP contribution in [0.25, 0.3) is 11.1 Å². The van der Waals surface area contributed by atoms with Crippen molar-refractivity contribution in [1.29, 1.82) is 5.26 Å². The number of benzene rings is 2. The van der Waals surface area contributed by atoms with E-state index in [1.165, 1.54) is 13.0 Å². The molecule has 1 aliphatic rings. The number of likely N-dealkylation sites (N-methyl/N-ethyl adjacent to an activating group) is 1. The van der Waals surface area contributed by atoms with Crippen LogP contribution in [-0.2, 0) is 0 Å². The lowest BCUT2D eigenvalue weighted by molar-refractivity contribution is 0.242. The molecule has 2 aromatic carbocycles. The summed E-state index contributed by atoms with van der Waals surface area (Å²) < 4.78 is 6.08. The summed E-state index contributed by atoms with van der Waals surface area (Å²) in [5, 5.41) is 9.19. The molecular weight excluding hydrogens is 322 g/mol. The van der Waals surface area contributed by atoms with E-state index in [4.69, 9.17) is 4.74 Å². The molecule has 1 atom stereocenters. The second-order valence-electron chi connectivity index (χ2n) is 7.10. The van der Waals surface area contributed by atoms with Crippen LogP contribution in [0, 0.1) is 11.3 Å². The maximum atomic E-state index is 9.19. The van der Waals surface area contributed by atoms with Gasteiger partial charge < -0.3 is 14.5 Å². The predicted molar refractivity (Wildman–Crippen MR) is 105 cm³/mol. The van der Waals surface area contributed by atoms with Gasteiger partial charge in [-0.1, -0.05) is 30.3 Å². The molecule has 136 valence electrons. The lowest BCUT2D eigenvalue weighted by Gasteiger charge is -2.20. The number of hydrogen-bond donors (Lipinski definition) is 0. The summed E-state index contributed by atoms with van der Waals surface area (Å²) in [7, 11) is 4.31. The largest absolute Gasteiger partial charge is 0.493 e. The number of likely N-dealkylation sites (tertiary alicyclic amines) is 1. The summed E-state index contributed by atoms with van der Waals surface area (Å²) in [4.78, 5) is 4.83. The van der Waals surface area contributed by atoms with Crippen molar-refractivity contribution < 1.29 is 4.74 Å². The molecule has 1 saturated heterocycles. The molecule has 1 aliphatic heterocycles. The zero-order valence-corrected chi connectivity index (χ0v) is 15.7. The minimum Gasteiger partial charge on any atom is -0.493 e. The lowest BCUT2D eigenvalue weighted by Crippen LogP contribution is -2.32. The van der Waals surface area contributed by atoms with E-state index in [9.17, 15) is 5.26 Å². The van der Waals surface area contributed by atoms with Gasteiger partial charge in [0, 0.05) is 24.7 Å². The molecule has 0 spiro atoms. The van der Waals surface area contributed by atoms with Gasteiger partial charge in [0.2, 0.25) is 0 Å². The second kappa shape index (κ2) is 8.84. The lowest BCUT2D eigenvalue weighted by atomic mass is 10.0. The summed E-state index contributed by atoms with van der Waals surface area (Å²) in [5.74, 6) is 0.794. The normalized spacial score (nSPS) is 17.4. The van der Waals surface area contributed by atoms with Gasteiger partial charge in [-0.3, -0.25) is 0 Å². The fourth-order valence-corrected chi connectivity index (χ4v) is 3.47. The van der Waals surface area contributed by atoms with Gasteiger partial charge in [0.15, 0.2) is 0 Å². The highest BCUT2D eigenvalue weighted by Crippen LogP contribution is 2.31. The highest BCUT2D eigenvalue weighted by molar-refractivity contribution is 5.71. The monoisotopic (exact) mass is 349 g/mol. The van der Waals surface area contributed by atoms with Crippen LogP contribution in [0.5, 0.6) is 5.75 Å². The van der Waals surface area contributed by atoms with Crippen molar-refractivity contribution in [3.05, 3.63) is 54.1 Å². The second-order valence-corrected chi connectivity index (χ2v) is 7.10. The number of nitriles is 1. The van der Waals surface area contributed by atoms with Crippen LogP contribution in [0.1, 0.15) is 18.4 Å². The van der Waals surface area contributed by atoms with Crippen molar-refractivity contribution in [2.75, 3.05) is 40.3 Å². The summed E-state index contributed by atoms with van der Waals surface area (Å²) in [6.45, 7) is 4.04. The van der Waals surface area contributed by atoms with Crippen LogP contribution in [0.4, 0.5) is 0 Å². The average molecular weight is 349 g/mol. The maximum absolute atomic E-state index is 9.19. The molecule has 0 radical (unpaired) electrons. The first-order chi connectivity index (χ1) is 12.7. The third-order valence-electron chi connectivity index (χ3n) is 5.05. The molecule has 0 bridgehead atoms. The molecule has 2 aromatic rings. The van der Waals surface area contributed by atoms with E-state index >= 15 is 0 Å². The van der Waals surface area contributed by atoms with E-state index in [0.29, 0.717) is 18.2 Å². The molecule has 1 heterocycles. The van der Waals surface area contributed by atoms with Gasteiger partial charge in [0.25, 0.3) is 0 Å². The van der Waals surface area contributed by atoms with Crippen LogP contribution in [0.2, 0.25) is 0 Å². The molecule has 0 amide bonds. The Bertz CT molecular complexity index is 752. The highest BCUT2D eigenvalue weighted by Gasteiger charge is 2.23. The van der Waals surface area contributed by atoms with Crippen LogP contribution < -0.4 is 4.74 Å². The van der Waals surface area contributed by atoms with Crippen molar-refractivity contribution in [2.45, 2.75) is 18.9 Å². The third kappa shape index (κ3) is 4.63. The van der Waals surface area contributed by atoms with E-state index in [1.807, 2.05) is 36.4 Å². The van der Waals surface area contributed by atoms with Gasteiger partial charge in [-0.25, -0.2) is 0 Å². The summed E-state index contributed by atoms with van der Waals surface area (Å²) in [6.07, 6.45) is 2.24. The molecule has 3 rings (SSSR count). The molecule has 0 saturated carbocycles. The zero-order chi connectivity index (χ0) is 18.4. The zero-order valence-electron chi connectivity index (χ0n) is 15.7. The van der Waals surface area contributed by atoms with Crippen molar-refractivity contribution in [3.63, 3.8) is 0 Å². The first-order valence-corrected chi connectivity index (χ1v) is 9.28. The quantitative estimate of drug-likeness (QED) is 0.716. The molecule has 26 heavy (non-hydrogen) atoms. The Kier molecular flexibility index (Phi) is 6.27. The third-order valence-corrected chi connectivity index (χ3v) is 5.05. The maximum Gasteiger partial charge on any atom is 0.128 e. The minimum atomic E-state index is 0.632. The molecule has 1 fully saturated rings. The van der Waals surface area contributed by atoms with Crippen LogP contribution in [-0.4, -0.2) is 56.2 Å². The molecule has 4 nitrogen and oxygen atoms in total. The molecule has 0 aromatic heterocycles. The smallest absolute Gasteiger partial charge is 0.128 e. The Hall–Kier alpha value is -2.35. The van der Waals surface area contributed by atoms with Gasteiger partial charge in [-0.05, 0) is 57.2 Å². The van der Waals surface area contributed by atoms with Crippen LogP contribution in [0.3, 0.4) is 0 Å². The standard InChI is InChI=1S/C22H27N3O/c1-24(2)20-11-13-25(17-20)12-6-14-26-22-15-18(16-23)9-10-21(22)19-7-4-3-5-8-19/h3-5,7-10,15,20H,6,11-14,17H2,1-2H3/t20-/m1/s1. The summed E-state index contributed by atoms with van der Waals surface area (Å²) >= 11 is 0. The van der Waals surface area contributed by atoms with Gasteiger partial charge in [-0.15, -0.1) is 0 Å². The van der Waals surface area contributed by atoms with E-state index in [-0.39, 0.29) is 0 Å². The molecule has 0 unspecified atom stereocenters. The Morgan fingerprint density at radius 2 is 2.00 bits per heavy atom. The van der Waals surface area contributed by atoms with Crippen LogP contribution in [0.15, 0.2) is 48.5 Å². The molecule has 0 aliphatic carbocycles. The van der Waals surface area contributed by atoms with E-state index in [2.05, 4.69) is 42.1 Å². The topological polar surface area (TPSA) is 39.5 Å². The minimum absolute atomic E-state index is 0.632. The first-order valence-electron chi connectivity index (χ1n) is 9.28. The van der Waals surface area contributed by atoms with Crippen molar-refractivity contribution >= 4 is 0 Å². The van der Waals surface area contributed by atoms with E-state index in [0.717, 1.165) is 36.4 Å². The van der Waals surface area contributed by atoms with E-state index < -0.39 is 0 Å². The fourth-order valence-electron chi connectivity index (χ4n) is 3.47. The first kappa shape index (κ1) is 18.4. The summed E-state index contributed by atoms with van der Waals surface area (Å²) in [5.41, 5.74) is 2.78. The Labute approximate surface area is 156 Å². The Morgan fingerprint density at radius 3 is 2.69 bits per heavy atom. The highest BCUT2D eigenvalue weighted by atomic mass is 16.5. The van der Waals surface area contributed by atoms with Gasteiger partial charge in [-0.2, -0.15) is 5.26 Å². The molecule has 4 heteroatoms. The molecule has 0 N–H and O–H groups in total. The average Bonchev–Trinajstić information content (AvgIpc) is 3.15. The SMILES string of the molecule is CN(C)[C@@H]1CCN(CCCOc2cc(C#N)ccc2-c2ccccc2)C1. The number of ether oxygens (including phenoxy) is 1. The number of nitrogens with zero attached hydrogens (tertiary/aromatic N) is 3. The van der Waals surface area contributed by atoms with Gasteiger partial charge in [0.05, 0.1) is 18.2 Å². The Balaban J connectivity index is 1.58. The number of rotatable bonds is 7. The van der Waals surface area contributed by atoms with Crippen molar-refractivity contribution in [2.24, 2.45) is 0 Å². The van der Waals surface area contributed by atoms with Gasteiger partial charge in [0.1, 0.15) is 5.75 Å². The van der Waals surface area contributed by atoms with Gasteiger partial charge >= 0.3 is 0 Å². The van der Waals surface area contributed by atoms with Crippen LogP contribution >= 0.6 is 0 Å². The van der Waals surface area contributed by atoms with E-state index in [1.54, 1.807) is 0 Å². The molecular formula is C22H27N3O. The number of hydrogen-bond acceptors (Lipinski definition) is 4. The Morgan fingerprint density at radius 1 is 1.19 bits per heavy atom. The summed E-state index contributed by atoms with van der Waals surface area (Å²) in [6, 6.07) is 18.7. The fraction of sp³-hybridized carbons (Fsp3) is 0.409. The van der Waals surface area contributed by atoms with Crippen molar-refractivity contribution in [3.8, 4) is 22.9 Å².